The van der Waals surface area contributed by atoms with Crippen LogP contribution in [0.4, 0.5) is 0 Å². The fourth-order valence-electron chi connectivity index (χ4n) is 1.46. The number of rotatable bonds is 10. The van der Waals surface area contributed by atoms with E-state index in [-0.39, 0.29) is 5.97 Å². The maximum atomic E-state index is 11.4. The molecule has 1 aromatic heterocycles. The molecule has 0 saturated heterocycles. The molecule has 0 radical (unpaired) electrons. The maximum absolute atomic E-state index is 11.4. The second kappa shape index (κ2) is 9.86. The molecule has 108 valence electrons. The fraction of sp³-hybridized carbons (Fsp3) is 0.769. The summed E-state index contributed by atoms with van der Waals surface area (Å²) in [6.07, 6.45) is 5.15. The summed E-state index contributed by atoms with van der Waals surface area (Å²) in [6, 6.07) is 0. The molecule has 0 fully saturated rings. The number of carbonyl (C=O) groups is 1. The lowest BCUT2D eigenvalue weighted by Crippen LogP contribution is -2.03. The molecule has 0 aliphatic rings. The van der Waals surface area contributed by atoms with Crippen molar-refractivity contribution < 1.29 is 14.3 Å². The van der Waals surface area contributed by atoms with Gasteiger partial charge in [0.2, 0.25) is 5.01 Å². The van der Waals surface area contributed by atoms with E-state index >= 15 is 0 Å². The quantitative estimate of drug-likeness (QED) is 0.489. The largest absolute Gasteiger partial charge is 0.461 e. The molecule has 0 spiro atoms. The first kappa shape index (κ1) is 16.0. The van der Waals surface area contributed by atoms with E-state index in [9.17, 15) is 4.79 Å². The SMILES string of the molecule is CCCCOCCCCc1nnc(C(=O)OCC)s1. The van der Waals surface area contributed by atoms with Gasteiger partial charge in [-0.3, -0.25) is 0 Å². The van der Waals surface area contributed by atoms with Crippen LogP contribution in [0.15, 0.2) is 0 Å². The fourth-order valence-corrected chi connectivity index (χ4v) is 2.23. The van der Waals surface area contributed by atoms with E-state index in [4.69, 9.17) is 9.47 Å². The summed E-state index contributed by atoms with van der Waals surface area (Å²) < 4.78 is 10.4. The van der Waals surface area contributed by atoms with Gasteiger partial charge in [0.1, 0.15) is 5.01 Å². The van der Waals surface area contributed by atoms with Gasteiger partial charge in [-0.05, 0) is 26.2 Å². The average Bonchev–Trinajstić information content (AvgIpc) is 2.87. The Hall–Kier alpha value is -1.01. The summed E-state index contributed by atoms with van der Waals surface area (Å²) in [6.45, 7) is 5.94. The van der Waals surface area contributed by atoms with Gasteiger partial charge in [0, 0.05) is 19.6 Å². The molecule has 1 aromatic rings. The van der Waals surface area contributed by atoms with Crippen LogP contribution in [-0.4, -0.2) is 36.0 Å². The standard InChI is InChI=1S/C13H22N2O3S/c1-3-5-9-17-10-7-6-8-11-14-15-12(19-11)13(16)18-4-2/h3-10H2,1-2H3. The van der Waals surface area contributed by atoms with Gasteiger partial charge in [-0.25, -0.2) is 4.79 Å². The molecule has 1 rings (SSSR count). The van der Waals surface area contributed by atoms with Gasteiger partial charge < -0.3 is 9.47 Å². The first-order chi connectivity index (χ1) is 9.27. The van der Waals surface area contributed by atoms with Crippen LogP contribution in [0.1, 0.15) is 54.3 Å². The highest BCUT2D eigenvalue weighted by Gasteiger charge is 2.13. The molecule has 0 aliphatic heterocycles. The van der Waals surface area contributed by atoms with Crippen molar-refractivity contribution in [1.29, 1.82) is 0 Å². The van der Waals surface area contributed by atoms with Crippen LogP contribution in [0, 0.1) is 0 Å². The molecule has 1 heterocycles. The average molecular weight is 286 g/mol. The number of aryl methyl sites for hydroxylation is 1. The van der Waals surface area contributed by atoms with Crippen LogP contribution >= 0.6 is 11.3 Å². The summed E-state index contributed by atoms with van der Waals surface area (Å²) in [5.74, 6) is -0.380. The van der Waals surface area contributed by atoms with Crippen molar-refractivity contribution in [2.75, 3.05) is 19.8 Å². The molecule has 6 heteroatoms. The van der Waals surface area contributed by atoms with Crippen molar-refractivity contribution >= 4 is 17.3 Å². The molecule has 0 amide bonds. The minimum atomic E-state index is -0.380. The van der Waals surface area contributed by atoms with Crippen molar-refractivity contribution in [3.05, 3.63) is 10.0 Å². The number of hydrogen-bond donors (Lipinski definition) is 0. The molecule has 19 heavy (non-hydrogen) atoms. The van der Waals surface area contributed by atoms with Gasteiger partial charge in [0.15, 0.2) is 0 Å². The second-order valence-electron chi connectivity index (χ2n) is 4.14. The molecule has 0 aromatic carbocycles. The normalized spacial score (nSPS) is 10.6. The first-order valence-electron chi connectivity index (χ1n) is 6.85. The van der Waals surface area contributed by atoms with E-state index in [0.717, 1.165) is 43.9 Å². The molecular weight excluding hydrogens is 264 g/mol. The summed E-state index contributed by atoms with van der Waals surface area (Å²) in [4.78, 5) is 11.4. The highest BCUT2D eigenvalue weighted by atomic mass is 32.1. The molecule has 0 aliphatic carbocycles. The molecular formula is C13H22N2O3S. The lowest BCUT2D eigenvalue weighted by Gasteiger charge is -2.01. The van der Waals surface area contributed by atoms with Crippen LogP contribution in [0.3, 0.4) is 0 Å². The van der Waals surface area contributed by atoms with Crippen LogP contribution in [0.2, 0.25) is 0 Å². The zero-order valence-electron chi connectivity index (χ0n) is 11.7. The van der Waals surface area contributed by atoms with Crippen molar-refractivity contribution in [2.24, 2.45) is 0 Å². The number of aromatic nitrogens is 2. The zero-order chi connectivity index (χ0) is 13.9. The molecule has 0 bridgehead atoms. The number of esters is 1. The van der Waals surface area contributed by atoms with Gasteiger partial charge in [-0.15, -0.1) is 10.2 Å². The third-order valence-corrected chi connectivity index (χ3v) is 3.45. The second-order valence-corrected chi connectivity index (χ2v) is 5.21. The van der Waals surface area contributed by atoms with Gasteiger partial charge in [0.25, 0.3) is 0 Å². The Kier molecular flexibility index (Phi) is 8.33. The highest BCUT2D eigenvalue weighted by molar-refractivity contribution is 7.13. The van der Waals surface area contributed by atoms with E-state index in [0.29, 0.717) is 11.6 Å². The van der Waals surface area contributed by atoms with Crippen molar-refractivity contribution in [3.63, 3.8) is 0 Å². The summed E-state index contributed by atoms with van der Waals surface area (Å²) in [5, 5.41) is 9.06. The molecule has 0 unspecified atom stereocenters. The van der Waals surface area contributed by atoms with Crippen molar-refractivity contribution in [3.8, 4) is 0 Å². The molecule has 5 nitrogen and oxygen atoms in total. The monoisotopic (exact) mass is 286 g/mol. The minimum absolute atomic E-state index is 0.344. The van der Waals surface area contributed by atoms with Crippen molar-refractivity contribution in [1.82, 2.24) is 10.2 Å². The van der Waals surface area contributed by atoms with Gasteiger partial charge in [0.05, 0.1) is 6.61 Å². The Morgan fingerprint density at radius 1 is 1.16 bits per heavy atom. The smallest absolute Gasteiger partial charge is 0.369 e. The lowest BCUT2D eigenvalue weighted by atomic mass is 10.2. The number of unbranched alkanes of at least 4 members (excludes halogenated alkanes) is 2. The number of ether oxygens (including phenoxy) is 2. The van der Waals surface area contributed by atoms with E-state index in [1.807, 2.05) is 0 Å². The maximum Gasteiger partial charge on any atom is 0.369 e. The number of nitrogens with zero attached hydrogens (tertiary/aromatic N) is 2. The minimum Gasteiger partial charge on any atom is -0.461 e. The van der Waals surface area contributed by atoms with Crippen LogP contribution in [-0.2, 0) is 15.9 Å². The van der Waals surface area contributed by atoms with Gasteiger partial charge in [-0.2, -0.15) is 0 Å². The van der Waals surface area contributed by atoms with E-state index < -0.39 is 0 Å². The Balaban J connectivity index is 2.14. The molecule has 0 saturated carbocycles. The zero-order valence-corrected chi connectivity index (χ0v) is 12.5. The van der Waals surface area contributed by atoms with Crippen LogP contribution in [0.25, 0.3) is 0 Å². The summed E-state index contributed by atoms with van der Waals surface area (Å²) in [5.41, 5.74) is 0. The lowest BCUT2D eigenvalue weighted by molar-refractivity contribution is 0.0525. The Labute approximate surface area is 118 Å². The third kappa shape index (κ3) is 6.63. The summed E-state index contributed by atoms with van der Waals surface area (Å²) in [7, 11) is 0. The first-order valence-corrected chi connectivity index (χ1v) is 7.66. The number of hydrogen-bond acceptors (Lipinski definition) is 6. The predicted octanol–water partition coefficient (Wildman–Crippen LogP) is 2.85. The van der Waals surface area contributed by atoms with E-state index in [1.54, 1.807) is 6.92 Å². The van der Waals surface area contributed by atoms with Crippen LogP contribution in [0.5, 0.6) is 0 Å². The predicted molar refractivity (Wildman–Crippen MR) is 74.5 cm³/mol. The molecule has 0 atom stereocenters. The molecule has 0 N–H and O–H groups in total. The third-order valence-electron chi connectivity index (χ3n) is 2.49. The Bertz CT molecular complexity index is 369. The summed E-state index contributed by atoms with van der Waals surface area (Å²) >= 11 is 1.32. The Morgan fingerprint density at radius 2 is 1.95 bits per heavy atom. The van der Waals surface area contributed by atoms with Crippen LogP contribution < -0.4 is 0 Å². The van der Waals surface area contributed by atoms with Gasteiger partial charge >= 0.3 is 5.97 Å². The topological polar surface area (TPSA) is 61.3 Å². The Morgan fingerprint density at radius 3 is 2.68 bits per heavy atom. The van der Waals surface area contributed by atoms with Crippen molar-refractivity contribution in [2.45, 2.75) is 46.0 Å². The highest BCUT2D eigenvalue weighted by Crippen LogP contribution is 2.13. The number of carbonyl (C=O) groups excluding carboxylic acids is 1. The van der Waals surface area contributed by atoms with E-state index in [2.05, 4.69) is 17.1 Å². The van der Waals surface area contributed by atoms with Gasteiger partial charge in [-0.1, -0.05) is 24.7 Å². The van der Waals surface area contributed by atoms with E-state index in [1.165, 1.54) is 17.8 Å².